The Labute approximate surface area is 120 Å². The van der Waals surface area contributed by atoms with Crippen LogP contribution in [0, 0.1) is 5.92 Å². The van der Waals surface area contributed by atoms with Crippen molar-refractivity contribution < 1.29 is 9.90 Å². The minimum absolute atomic E-state index is 0.244. The van der Waals surface area contributed by atoms with Crippen LogP contribution in [0.1, 0.15) is 39.3 Å². The predicted molar refractivity (Wildman–Crippen MR) is 79.2 cm³/mol. The average molecular weight is 279 g/mol. The maximum atomic E-state index is 11.6. The summed E-state index contributed by atoms with van der Waals surface area (Å²) >= 11 is 0. The molecule has 1 atom stereocenters. The molecule has 1 aromatic heterocycles. The first-order valence-electron chi connectivity index (χ1n) is 7.03. The first-order valence-corrected chi connectivity index (χ1v) is 7.03. The van der Waals surface area contributed by atoms with Crippen LogP contribution in [0.4, 0.5) is 4.79 Å². The lowest BCUT2D eigenvalue weighted by atomic mass is 9.95. The zero-order chi connectivity index (χ0) is 15.0. The smallest absolute Gasteiger partial charge is 0.315 e. The number of nitrogens with one attached hydrogen (secondary N) is 2. The molecule has 1 aromatic rings. The van der Waals surface area contributed by atoms with Crippen molar-refractivity contribution in [2.45, 2.75) is 45.8 Å². The van der Waals surface area contributed by atoms with E-state index in [0.717, 1.165) is 12.1 Å². The summed E-state index contributed by atoms with van der Waals surface area (Å²) in [5.74, 6) is 0.541. The number of carbonyl (C=O) groups excluding carboxylic acids is 1. The van der Waals surface area contributed by atoms with Gasteiger partial charge in [-0.25, -0.2) is 4.79 Å². The fourth-order valence-corrected chi connectivity index (χ4v) is 1.69. The number of hydrogen-bond donors (Lipinski definition) is 3. The van der Waals surface area contributed by atoms with Crippen LogP contribution >= 0.6 is 0 Å². The summed E-state index contributed by atoms with van der Waals surface area (Å²) in [6, 6.07) is 5.26. The SMILES string of the molecule is CC(C)CCC(C)(O)CNC(=O)NCc1ccccn1. The Balaban J connectivity index is 2.25. The van der Waals surface area contributed by atoms with E-state index in [1.54, 1.807) is 13.1 Å². The molecule has 0 radical (unpaired) electrons. The van der Waals surface area contributed by atoms with Crippen molar-refractivity contribution in [3.63, 3.8) is 0 Å². The monoisotopic (exact) mass is 279 g/mol. The molecule has 0 saturated heterocycles. The van der Waals surface area contributed by atoms with Gasteiger partial charge in [-0.15, -0.1) is 0 Å². The van der Waals surface area contributed by atoms with Gasteiger partial charge in [-0.2, -0.15) is 0 Å². The summed E-state index contributed by atoms with van der Waals surface area (Å²) in [5.41, 5.74) is -0.0682. The summed E-state index contributed by atoms with van der Waals surface area (Å²) in [7, 11) is 0. The fourth-order valence-electron chi connectivity index (χ4n) is 1.69. The molecule has 1 unspecified atom stereocenters. The van der Waals surface area contributed by atoms with Crippen molar-refractivity contribution in [3.8, 4) is 0 Å². The van der Waals surface area contributed by atoms with E-state index in [9.17, 15) is 9.90 Å². The van der Waals surface area contributed by atoms with Gasteiger partial charge in [-0.05, 0) is 37.8 Å². The largest absolute Gasteiger partial charge is 0.388 e. The average Bonchev–Trinajstić information content (AvgIpc) is 2.42. The normalized spacial score (nSPS) is 13.8. The second-order valence-electron chi connectivity index (χ2n) is 5.79. The van der Waals surface area contributed by atoms with Crippen molar-refractivity contribution >= 4 is 6.03 Å². The number of nitrogens with zero attached hydrogens (tertiary/aromatic N) is 1. The maximum Gasteiger partial charge on any atom is 0.315 e. The van der Waals surface area contributed by atoms with Crippen LogP contribution in [0.3, 0.4) is 0 Å². The van der Waals surface area contributed by atoms with Gasteiger partial charge in [-0.1, -0.05) is 19.9 Å². The third kappa shape index (κ3) is 7.09. The molecule has 0 aliphatic heterocycles. The van der Waals surface area contributed by atoms with Gasteiger partial charge in [0.15, 0.2) is 0 Å². The van der Waals surface area contributed by atoms with Crippen molar-refractivity contribution in [1.82, 2.24) is 15.6 Å². The minimum Gasteiger partial charge on any atom is -0.388 e. The highest BCUT2D eigenvalue weighted by Gasteiger charge is 2.21. The molecule has 5 nitrogen and oxygen atoms in total. The molecule has 0 fully saturated rings. The Bertz CT molecular complexity index is 405. The zero-order valence-electron chi connectivity index (χ0n) is 12.5. The molecule has 1 heterocycles. The van der Waals surface area contributed by atoms with Crippen molar-refractivity contribution in [2.24, 2.45) is 5.92 Å². The van der Waals surface area contributed by atoms with Gasteiger partial charge >= 0.3 is 6.03 Å². The van der Waals surface area contributed by atoms with E-state index in [-0.39, 0.29) is 12.6 Å². The van der Waals surface area contributed by atoms with Crippen molar-refractivity contribution in [3.05, 3.63) is 30.1 Å². The van der Waals surface area contributed by atoms with Gasteiger partial charge in [0, 0.05) is 12.7 Å². The van der Waals surface area contributed by atoms with E-state index >= 15 is 0 Å². The maximum absolute atomic E-state index is 11.6. The number of carbonyl (C=O) groups is 1. The number of aliphatic hydroxyl groups is 1. The molecule has 20 heavy (non-hydrogen) atoms. The van der Waals surface area contributed by atoms with Gasteiger partial charge in [0.05, 0.1) is 17.8 Å². The van der Waals surface area contributed by atoms with Crippen LogP contribution in [0.5, 0.6) is 0 Å². The van der Waals surface area contributed by atoms with Crippen LogP contribution in [-0.4, -0.2) is 28.3 Å². The van der Waals surface area contributed by atoms with Crippen LogP contribution in [0.15, 0.2) is 24.4 Å². The first kappa shape index (κ1) is 16.4. The highest BCUT2D eigenvalue weighted by Crippen LogP contribution is 2.15. The second-order valence-corrected chi connectivity index (χ2v) is 5.79. The van der Waals surface area contributed by atoms with E-state index in [1.165, 1.54) is 0 Å². The molecular weight excluding hydrogens is 254 g/mol. The number of hydrogen-bond acceptors (Lipinski definition) is 3. The van der Waals surface area contributed by atoms with Gasteiger partial charge < -0.3 is 15.7 Å². The summed E-state index contributed by atoms with van der Waals surface area (Å²) in [4.78, 5) is 15.8. The summed E-state index contributed by atoms with van der Waals surface area (Å²) in [6.45, 7) is 6.59. The highest BCUT2D eigenvalue weighted by atomic mass is 16.3. The number of pyridine rings is 1. The predicted octanol–water partition coefficient (Wildman–Crippen LogP) is 2.07. The molecule has 0 aromatic carbocycles. The van der Waals surface area contributed by atoms with E-state index in [2.05, 4.69) is 29.5 Å². The summed E-state index contributed by atoms with van der Waals surface area (Å²) in [6.07, 6.45) is 3.29. The topological polar surface area (TPSA) is 74.2 Å². The van der Waals surface area contributed by atoms with Crippen LogP contribution in [0.2, 0.25) is 0 Å². The molecule has 0 aliphatic rings. The van der Waals surface area contributed by atoms with Crippen molar-refractivity contribution in [2.75, 3.05) is 6.54 Å². The Morgan fingerprint density at radius 1 is 1.40 bits per heavy atom. The number of rotatable bonds is 7. The first-order chi connectivity index (χ1) is 9.39. The van der Waals surface area contributed by atoms with E-state index < -0.39 is 5.60 Å². The summed E-state index contributed by atoms with van der Waals surface area (Å²) in [5, 5.41) is 15.5. The molecule has 0 spiro atoms. The van der Waals surface area contributed by atoms with E-state index in [0.29, 0.717) is 18.9 Å². The highest BCUT2D eigenvalue weighted by molar-refractivity contribution is 5.73. The fraction of sp³-hybridized carbons (Fsp3) is 0.600. The molecule has 0 saturated carbocycles. The van der Waals surface area contributed by atoms with Crippen LogP contribution in [-0.2, 0) is 6.54 Å². The molecule has 112 valence electrons. The Morgan fingerprint density at radius 3 is 2.75 bits per heavy atom. The van der Waals surface area contributed by atoms with Crippen LogP contribution < -0.4 is 10.6 Å². The van der Waals surface area contributed by atoms with Gasteiger partial charge in [-0.3, -0.25) is 4.98 Å². The molecule has 1 rings (SSSR count). The molecule has 0 aliphatic carbocycles. The standard InChI is InChI=1S/C15H25N3O2/c1-12(2)7-8-15(3,20)11-18-14(19)17-10-13-6-4-5-9-16-13/h4-6,9,12,20H,7-8,10-11H2,1-3H3,(H2,17,18,19). The van der Waals surface area contributed by atoms with Crippen LogP contribution in [0.25, 0.3) is 0 Å². The van der Waals surface area contributed by atoms with Gasteiger partial charge in [0.2, 0.25) is 0 Å². The third-order valence-corrected chi connectivity index (χ3v) is 3.05. The number of aromatic nitrogens is 1. The van der Waals surface area contributed by atoms with Gasteiger partial charge in [0.1, 0.15) is 0 Å². The minimum atomic E-state index is -0.868. The molecule has 3 N–H and O–H groups in total. The van der Waals surface area contributed by atoms with E-state index in [1.807, 2.05) is 18.2 Å². The molecule has 2 amide bonds. The number of amides is 2. The Morgan fingerprint density at radius 2 is 2.15 bits per heavy atom. The summed E-state index contributed by atoms with van der Waals surface area (Å²) < 4.78 is 0. The lowest BCUT2D eigenvalue weighted by Gasteiger charge is -2.24. The van der Waals surface area contributed by atoms with Crippen molar-refractivity contribution in [1.29, 1.82) is 0 Å². The quantitative estimate of drug-likeness (QED) is 0.715. The van der Waals surface area contributed by atoms with E-state index in [4.69, 9.17) is 0 Å². The lowest BCUT2D eigenvalue weighted by molar-refractivity contribution is 0.0476. The third-order valence-electron chi connectivity index (χ3n) is 3.05. The second kappa shape index (κ2) is 7.85. The Kier molecular flexibility index (Phi) is 6.45. The molecule has 0 bridgehead atoms. The van der Waals surface area contributed by atoms with Gasteiger partial charge in [0.25, 0.3) is 0 Å². The molecule has 5 heteroatoms. The lowest BCUT2D eigenvalue weighted by Crippen LogP contribution is -2.44. The molecular formula is C15H25N3O2. The Hall–Kier alpha value is -1.62. The zero-order valence-corrected chi connectivity index (χ0v) is 12.5. The number of urea groups is 1.